The first-order valence-electron chi connectivity index (χ1n) is 8.51. The van der Waals surface area contributed by atoms with Gasteiger partial charge in [-0.3, -0.25) is 4.99 Å². The molecule has 1 unspecified atom stereocenters. The van der Waals surface area contributed by atoms with E-state index >= 15 is 0 Å². The van der Waals surface area contributed by atoms with Gasteiger partial charge in [0, 0.05) is 30.4 Å². The van der Waals surface area contributed by atoms with E-state index in [1.165, 1.54) is 12.3 Å². The van der Waals surface area contributed by atoms with Gasteiger partial charge in [0.05, 0.1) is 23.4 Å². The van der Waals surface area contributed by atoms with Crippen molar-refractivity contribution in [2.75, 3.05) is 19.0 Å². The van der Waals surface area contributed by atoms with E-state index in [9.17, 15) is 9.50 Å². The molecular weight excluding hydrogens is 333 g/mol. The van der Waals surface area contributed by atoms with E-state index in [-0.39, 0.29) is 11.9 Å². The minimum atomic E-state index is -0.399. The summed E-state index contributed by atoms with van der Waals surface area (Å²) in [5.74, 6) is -0.499. The van der Waals surface area contributed by atoms with Crippen LogP contribution in [0.2, 0.25) is 0 Å². The zero-order valence-electron chi connectivity index (χ0n) is 14.8. The molecule has 6 heteroatoms. The average Bonchev–Trinajstić information content (AvgIpc) is 2.97. The second-order valence-electron chi connectivity index (χ2n) is 6.06. The van der Waals surface area contributed by atoms with Gasteiger partial charge in [-0.2, -0.15) is 0 Å². The topological polar surface area (TPSA) is 69.6 Å². The number of fused-ring (bicyclic) bond motifs is 1. The molecule has 26 heavy (non-hydrogen) atoms. The van der Waals surface area contributed by atoms with E-state index in [2.05, 4.69) is 22.2 Å². The van der Waals surface area contributed by atoms with Crippen LogP contribution >= 0.6 is 0 Å². The van der Waals surface area contributed by atoms with Crippen molar-refractivity contribution in [1.29, 1.82) is 0 Å². The van der Waals surface area contributed by atoms with Crippen LogP contribution in [-0.4, -0.2) is 36.1 Å². The molecule has 5 nitrogen and oxygen atoms in total. The van der Waals surface area contributed by atoms with Gasteiger partial charge in [-0.05, 0) is 42.8 Å². The number of aromatic amines is 1. The van der Waals surface area contributed by atoms with Gasteiger partial charge >= 0.3 is 0 Å². The van der Waals surface area contributed by atoms with E-state index in [4.69, 9.17) is 4.74 Å². The lowest BCUT2D eigenvalue weighted by Crippen LogP contribution is -2.23. The van der Waals surface area contributed by atoms with Gasteiger partial charge in [0.25, 0.3) is 0 Å². The number of hydrogen-bond donors (Lipinski definition) is 3. The third-order valence-electron chi connectivity index (χ3n) is 4.23. The van der Waals surface area contributed by atoms with E-state index in [1.807, 2.05) is 24.3 Å². The number of methoxy groups -OCH3 is 1. The molecule has 0 aliphatic carbocycles. The highest BCUT2D eigenvalue weighted by atomic mass is 19.1. The van der Waals surface area contributed by atoms with Crippen LogP contribution in [-0.2, 0) is 4.74 Å². The second-order valence-corrected chi connectivity index (χ2v) is 6.06. The molecule has 0 spiro atoms. The Morgan fingerprint density at radius 2 is 2.04 bits per heavy atom. The van der Waals surface area contributed by atoms with Gasteiger partial charge in [-0.15, -0.1) is 0 Å². The second kappa shape index (κ2) is 8.01. The fourth-order valence-corrected chi connectivity index (χ4v) is 2.82. The number of hydrogen-bond acceptors (Lipinski definition) is 4. The smallest absolute Gasteiger partial charge is 0.198 e. The highest BCUT2D eigenvalue weighted by Gasteiger charge is 2.12. The van der Waals surface area contributed by atoms with Crippen LogP contribution in [0.3, 0.4) is 0 Å². The van der Waals surface area contributed by atoms with Crippen LogP contribution in [0.1, 0.15) is 18.9 Å². The number of ether oxygens (including phenoxy) is 1. The number of H-pyrrole nitrogens is 1. The Labute approximate surface area is 151 Å². The maximum absolute atomic E-state index is 14.0. The predicted octanol–water partition coefficient (Wildman–Crippen LogP) is 4.60. The molecule has 0 radical (unpaired) electrons. The number of halogens is 1. The minimum absolute atomic E-state index is 0.0995. The first-order chi connectivity index (χ1) is 12.6. The lowest BCUT2D eigenvalue weighted by molar-refractivity contribution is 0.184. The number of aliphatic imine (C=N–C) groups is 1. The van der Waals surface area contributed by atoms with Crippen molar-refractivity contribution in [2.24, 2.45) is 4.99 Å². The van der Waals surface area contributed by atoms with Crippen LogP contribution in [0, 0.1) is 5.82 Å². The van der Waals surface area contributed by atoms with Crippen molar-refractivity contribution in [1.82, 2.24) is 4.98 Å². The fourth-order valence-electron chi connectivity index (χ4n) is 2.82. The Bertz CT molecular complexity index is 903. The average molecular weight is 355 g/mol. The van der Waals surface area contributed by atoms with Crippen molar-refractivity contribution >= 4 is 28.5 Å². The minimum Gasteiger partial charge on any atom is -0.494 e. The molecule has 0 bridgehead atoms. The van der Waals surface area contributed by atoms with Crippen LogP contribution in [0.25, 0.3) is 10.9 Å². The summed E-state index contributed by atoms with van der Waals surface area (Å²) in [6.07, 6.45) is 2.43. The molecule has 0 fully saturated rings. The maximum atomic E-state index is 14.0. The molecule has 3 rings (SSSR count). The highest BCUT2D eigenvalue weighted by Crippen LogP contribution is 2.28. The SMILES string of the molecule is CCC(COC)Nc1ccc(N=Cc2c(O)[nH]c3cccc(F)c23)cc1. The molecule has 3 aromatic rings. The molecule has 1 atom stereocenters. The lowest BCUT2D eigenvalue weighted by atomic mass is 10.1. The largest absolute Gasteiger partial charge is 0.494 e. The third kappa shape index (κ3) is 3.86. The normalized spacial score (nSPS) is 12.7. The molecule has 0 amide bonds. The van der Waals surface area contributed by atoms with Crippen molar-refractivity contribution in [3.05, 3.63) is 53.8 Å². The molecule has 1 aromatic heterocycles. The molecule has 0 aliphatic heterocycles. The summed E-state index contributed by atoms with van der Waals surface area (Å²) in [6.45, 7) is 2.74. The summed E-state index contributed by atoms with van der Waals surface area (Å²) < 4.78 is 19.2. The molecular formula is C20H22FN3O2. The van der Waals surface area contributed by atoms with Crippen LogP contribution < -0.4 is 5.32 Å². The number of aromatic hydroxyl groups is 1. The van der Waals surface area contributed by atoms with Crippen molar-refractivity contribution in [3.63, 3.8) is 0 Å². The number of aromatic nitrogens is 1. The Hall–Kier alpha value is -2.86. The molecule has 3 N–H and O–H groups in total. The fraction of sp³-hybridized carbons (Fsp3) is 0.250. The lowest BCUT2D eigenvalue weighted by Gasteiger charge is -2.17. The van der Waals surface area contributed by atoms with Gasteiger partial charge in [0.2, 0.25) is 0 Å². The molecule has 1 heterocycles. The molecule has 136 valence electrons. The number of anilines is 1. The van der Waals surface area contributed by atoms with E-state index < -0.39 is 5.82 Å². The third-order valence-corrected chi connectivity index (χ3v) is 4.23. The van der Waals surface area contributed by atoms with E-state index in [0.29, 0.717) is 28.8 Å². The molecule has 0 saturated heterocycles. The predicted molar refractivity (Wildman–Crippen MR) is 103 cm³/mol. The standard InChI is InChI=1S/C20H22FN3O2/c1-3-13(12-26-2)23-15-9-7-14(8-10-15)22-11-16-19-17(21)5-4-6-18(19)24-20(16)25/h4-11,13,23-25H,3,12H2,1-2H3. The number of nitrogens with zero attached hydrogens (tertiary/aromatic N) is 1. The van der Waals surface area contributed by atoms with Crippen LogP contribution in [0.15, 0.2) is 47.5 Å². The Kier molecular flexibility index (Phi) is 5.53. The molecule has 0 saturated carbocycles. The van der Waals surface area contributed by atoms with E-state index in [1.54, 1.807) is 19.2 Å². The number of rotatable bonds is 7. The zero-order chi connectivity index (χ0) is 18.5. The van der Waals surface area contributed by atoms with Crippen molar-refractivity contribution in [2.45, 2.75) is 19.4 Å². The van der Waals surface area contributed by atoms with Crippen LogP contribution in [0.5, 0.6) is 5.88 Å². The van der Waals surface area contributed by atoms with Gasteiger partial charge in [-0.25, -0.2) is 4.39 Å². The van der Waals surface area contributed by atoms with E-state index in [0.717, 1.165) is 12.1 Å². The van der Waals surface area contributed by atoms with Gasteiger partial charge in [0.15, 0.2) is 5.88 Å². The monoisotopic (exact) mass is 355 g/mol. The Morgan fingerprint density at radius 1 is 1.27 bits per heavy atom. The highest BCUT2D eigenvalue weighted by molar-refractivity contribution is 6.02. The first kappa shape index (κ1) is 17.9. The summed E-state index contributed by atoms with van der Waals surface area (Å²) >= 11 is 0. The summed E-state index contributed by atoms with van der Waals surface area (Å²) in [4.78, 5) is 7.11. The van der Waals surface area contributed by atoms with Gasteiger partial charge in [0.1, 0.15) is 5.82 Å². The Balaban J connectivity index is 1.78. The summed E-state index contributed by atoms with van der Waals surface area (Å²) in [7, 11) is 1.69. The quantitative estimate of drug-likeness (QED) is 0.543. The first-order valence-corrected chi connectivity index (χ1v) is 8.51. The van der Waals surface area contributed by atoms with Gasteiger partial charge < -0.3 is 20.1 Å². The number of benzene rings is 2. The van der Waals surface area contributed by atoms with Crippen LogP contribution in [0.4, 0.5) is 15.8 Å². The maximum Gasteiger partial charge on any atom is 0.198 e. The van der Waals surface area contributed by atoms with Gasteiger partial charge in [-0.1, -0.05) is 13.0 Å². The summed E-state index contributed by atoms with van der Waals surface area (Å²) in [5, 5.41) is 13.7. The number of nitrogens with one attached hydrogen (secondary N) is 2. The molecule has 2 aromatic carbocycles. The summed E-state index contributed by atoms with van der Waals surface area (Å²) in [5.41, 5.74) is 2.56. The zero-order valence-corrected chi connectivity index (χ0v) is 14.8. The Morgan fingerprint density at radius 3 is 2.73 bits per heavy atom. The van der Waals surface area contributed by atoms with Crippen molar-refractivity contribution < 1.29 is 14.2 Å². The summed E-state index contributed by atoms with van der Waals surface area (Å²) in [6, 6.07) is 12.5. The molecule has 0 aliphatic rings. The van der Waals surface area contributed by atoms with Crippen molar-refractivity contribution in [3.8, 4) is 5.88 Å².